The highest BCUT2D eigenvalue weighted by Gasteiger charge is 2.27. The summed E-state index contributed by atoms with van der Waals surface area (Å²) in [5.41, 5.74) is 2.35. The first-order valence-corrected chi connectivity index (χ1v) is 8.58. The number of allylic oxidation sites excluding steroid dienone is 1. The molecule has 0 aromatic heterocycles. The average molecular weight is 363 g/mol. The summed E-state index contributed by atoms with van der Waals surface area (Å²) in [4.78, 5) is 12.5. The summed E-state index contributed by atoms with van der Waals surface area (Å²) in [6, 6.07) is 22.4. The molecule has 26 heavy (non-hydrogen) atoms. The number of hydrogen-bond acceptors (Lipinski definition) is 3. The number of hydrogen-bond donors (Lipinski definition) is 0. The smallest absolute Gasteiger partial charge is 0.231 e. The van der Waals surface area contributed by atoms with E-state index in [4.69, 9.17) is 21.1 Å². The van der Waals surface area contributed by atoms with Crippen molar-refractivity contribution >= 4 is 23.5 Å². The molecule has 0 N–H and O–H groups in total. The van der Waals surface area contributed by atoms with Crippen LogP contribution in [0.3, 0.4) is 0 Å². The maximum atomic E-state index is 12.5. The summed E-state index contributed by atoms with van der Waals surface area (Å²) in [7, 11) is 0. The van der Waals surface area contributed by atoms with Gasteiger partial charge in [-0.15, -0.1) is 0 Å². The van der Waals surface area contributed by atoms with Gasteiger partial charge in [0.15, 0.2) is 5.76 Å². The number of rotatable bonds is 4. The quantitative estimate of drug-likeness (QED) is 0.572. The van der Waals surface area contributed by atoms with Crippen molar-refractivity contribution in [1.29, 1.82) is 0 Å². The van der Waals surface area contributed by atoms with Crippen molar-refractivity contribution in [3.8, 4) is 11.5 Å². The van der Waals surface area contributed by atoms with E-state index in [1.54, 1.807) is 24.3 Å². The highest BCUT2D eigenvalue weighted by Crippen LogP contribution is 2.35. The van der Waals surface area contributed by atoms with Gasteiger partial charge in [-0.3, -0.25) is 4.79 Å². The number of carbonyl (C=O) groups is 1. The molecule has 0 saturated carbocycles. The normalized spacial score (nSPS) is 14.2. The standard InChI is InChI=1S/C22H15ClO3/c23-19-9-5-4-8-16(19)14-25-17-10-11-18-20(13-17)26-21(22(18)24)12-15-6-2-1-3-7-15/h1-13H,14H2. The Hall–Kier alpha value is -3.04. The van der Waals surface area contributed by atoms with Gasteiger partial charge in [-0.2, -0.15) is 0 Å². The molecule has 4 heteroatoms. The van der Waals surface area contributed by atoms with E-state index in [0.717, 1.165) is 11.1 Å². The van der Waals surface area contributed by atoms with Gasteiger partial charge < -0.3 is 9.47 Å². The van der Waals surface area contributed by atoms with Crippen LogP contribution >= 0.6 is 11.6 Å². The zero-order chi connectivity index (χ0) is 17.9. The lowest BCUT2D eigenvalue weighted by Gasteiger charge is -2.08. The largest absolute Gasteiger partial charge is 0.489 e. The minimum absolute atomic E-state index is 0.124. The molecule has 0 spiro atoms. The summed E-state index contributed by atoms with van der Waals surface area (Å²) < 4.78 is 11.5. The number of ether oxygens (including phenoxy) is 2. The third-order valence-electron chi connectivity index (χ3n) is 4.09. The zero-order valence-electron chi connectivity index (χ0n) is 13.8. The Morgan fingerprint density at radius 1 is 0.962 bits per heavy atom. The van der Waals surface area contributed by atoms with Crippen molar-refractivity contribution in [2.75, 3.05) is 0 Å². The number of halogens is 1. The number of Topliss-reactive ketones (excluding diaryl/α,β-unsaturated/α-hetero) is 1. The molecule has 0 saturated heterocycles. The molecule has 0 atom stereocenters. The number of carbonyl (C=O) groups excluding carboxylic acids is 1. The van der Waals surface area contributed by atoms with Crippen LogP contribution in [-0.2, 0) is 6.61 Å². The van der Waals surface area contributed by atoms with Gasteiger partial charge in [0, 0.05) is 16.7 Å². The topological polar surface area (TPSA) is 35.5 Å². The van der Waals surface area contributed by atoms with Crippen molar-refractivity contribution in [2.45, 2.75) is 6.61 Å². The monoisotopic (exact) mass is 362 g/mol. The van der Waals surface area contributed by atoms with Crippen LogP contribution in [0, 0.1) is 0 Å². The Balaban J connectivity index is 1.53. The van der Waals surface area contributed by atoms with Crippen LogP contribution in [0.2, 0.25) is 5.02 Å². The Labute approximate surface area is 156 Å². The molecule has 3 aromatic carbocycles. The van der Waals surface area contributed by atoms with Gasteiger partial charge in [-0.1, -0.05) is 60.1 Å². The van der Waals surface area contributed by atoms with Gasteiger partial charge in [-0.25, -0.2) is 0 Å². The molecule has 0 fully saturated rings. The highest BCUT2D eigenvalue weighted by molar-refractivity contribution is 6.31. The van der Waals surface area contributed by atoms with Crippen molar-refractivity contribution in [2.24, 2.45) is 0 Å². The Bertz CT molecular complexity index is 993. The fourth-order valence-corrected chi connectivity index (χ4v) is 2.92. The van der Waals surface area contributed by atoms with Crippen molar-refractivity contribution in [3.05, 3.63) is 100 Å². The first-order chi connectivity index (χ1) is 12.7. The molecular formula is C22H15ClO3. The SMILES string of the molecule is O=C1C(=Cc2ccccc2)Oc2cc(OCc3ccccc3Cl)ccc21. The number of benzene rings is 3. The minimum Gasteiger partial charge on any atom is -0.489 e. The predicted molar refractivity (Wildman–Crippen MR) is 102 cm³/mol. The summed E-state index contributed by atoms with van der Waals surface area (Å²) in [6.45, 7) is 0.346. The maximum absolute atomic E-state index is 12.5. The fourth-order valence-electron chi connectivity index (χ4n) is 2.73. The molecule has 1 aliphatic rings. The Morgan fingerprint density at radius 3 is 2.54 bits per heavy atom. The minimum atomic E-state index is -0.124. The van der Waals surface area contributed by atoms with E-state index in [-0.39, 0.29) is 5.78 Å². The van der Waals surface area contributed by atoms with Crippen LogP contribution in [0.1, 0.15) is 21.5 Å². The Kier molecular flexibility index (Phi) is 4.46. The van der Waals surface area contributed by atoms with Crippen LogP contribution in [0.5, 0.6) is 11.5 Å². The lowest BCUT2D eigenvalue weighted by Crippen LogP contribution is -1.98. The third-order valence-corrected chi connectivity index (χ3v) is 4.46. The van der Waals surface area contributed by atoms with Crippen LogP contribution in [0.25, 0.3) is 6.08 Å². The van der Waals surface area contributed by atoms with Gasteiger partial charge >= 0.3 is 0 Å². The second-order valence-electron chi connectivity index (χ2n) is 5.89. The summed E-state index contributed by atoms with van der Waals surface area (Å²) >= 11 is 6.14. The van der Waals surface area contributed by atoms with Crippen molar-refractivity contribution in [3.63, 3.8) is 0 Å². The molecule has 128 valence electrons. The molecule has 4 rings (SSSR count). The molecule has 0 aliphatic carbocycles. The van der Waals surface area contributed by atoms with E-state index in [1.807, 2.05) is 54.6 Å². The summed E-state index contributed by atoms with van der Waals surface area (Å²) in [6.07, 6.45) is 1.74. The first kappa shape index (κ1) is 16.4. The van der Waals surface area contributed by atoms with E-state index in [2.05, 4.69) is 0 Å². The second kappa shape index (κ2) is 7.06. The lowest BCUT2D eigenvalue weighted by molar-refractivity contribution is 0.101. The van der Waals surface area contributed by atoms with Crippen molar-refractivity contribution in [1.82, 2.24) is 0 Å². The molecule has 0 radical (unpaired) electrons. The van der Waals surface area contributed by atoms with E-state index in [0.29, 0.717) is 34.5 Å². The summed E-state index contributed by atoms with van der Waals surface area (Å²) in [5, 5.41) is 0.660. The van der Waals surface area contributed by atoms with Crippen molar-refractivity contribution < 1.29 is 14.3 Å². The van der Waals surface area contributed by atoms with Gasteiger partial charge in [0.05, 0.1) is 5.56 Å². The second-order valence-corrected chi connectivity index (χ2v) is 6.30. The lowest BCUT2D eigenvalue weighted by atomic mass is 10.1. The third kappa shape index (κ3) is 3.35. The molecular weight excluding hydrogens is 348 g/mol. The molecule has 3 nitrogen and oxygen atoms in total. The summed E-state index contributed by atoms with van der Waals surface area (Å²) in [5.74, 6) is 1.32. The molecule has 0 bridgehead atoms. The molecule has 1 aliphatic heterocycles. The average Bonchev–Trinajstić information content (AvgIpc) is 2.97. The Morgan fingerprint density at radius 2 is 1.73 bits per heavy atom. The van der Waals surface area contributed by atoms with E-state index >= 15 is 0 Å². The first-order valence-electron chi connectivity index (χ1n) is 8.20. The van der Waals surface area contributed by atoms with E-state index < -0.39 is 0 Å². The molecule has 3 aromatic rings. The van der Waals surface area contributed by atoms with Crippen LogP contribution in [0.4, 0.5) is 0 Å². The molecule has 1 heterocycles. The molecule has 0 unspecified atom stereocenters. The van der Waals surface area contributed by atoms with Gasteiger partial charge in [0.1, 0.15) is 18.1 Å². The van der Waals surface area contributed by atoms with Crippen LogP contribution in [-0.4, -0.2) is 5.78 Å². The van der Waals surface area contributed by atoms with E-state index in [9.17, 15) is 4.79 Å². The van der Waals surface area contributed by atoms with Gasteiger partial charge in [-0.05, 0) is 29.8 Å². The van der Waals surface area contributed by atoms with Crippen LogP contribution < -0.4 is 9.47 Å². The van der Waals surface area contributed by atoms with Crippen LogP contribution in [0.15, 0.2) is 78.6 Å². The van der Waals surface area contributed by atoms with Gasteiger partial charge in [0.25, 0.3) is 0 Å². The zero-order valence-corrected chi connectivity index (χ0v) is 14.6. The van der Waals surface area contributed by atoms with E-state index in [1.165, 1.54) is 0 Å². The van der Waals surface area contributed by atoms with Gasteiger partial charge in [0.2, 0.25) is 5.78 Å². The maximum Gasteiger partial charge on any atom is 0.231 e. The fraction of sp³-hybridized carbons (Fsp3) is 0.0455. The number of ketones is 1. The number of fused-ring (bicyclic) bond motifs is 1. The predicted octanol–water partition coefficient (Wildman–Crippen LogP) is 5.54. The molecule has 0 amide bonds. The highest BCUT2D eigenvalue weighted by atomic mass is 35.5.